The molecule has 104 valence electrons. The van der Waals surface area contributed by atoms with Crippen LogP contribution in [0, 0.1) is 0 Å². The summed E-state index contributed by atoms with van der Waals surface area (Å²) in [5.74, 6) is 0.0577. The first kappa shape index (κ1) is 14.3. The first-order chi connectivity index (χ1) is 9.20. The lowest BCUT2D eigenvalue weighted by Gasteiger charge is -2.33. The molecule has 1 saturated heterocycles. The number of nitrogens with one attached hydrogen (secondary N) is 1. The average Bonchev–Trinajstić information content (AvgIpc) is 2.40. The van der Waals surface area contributed by atoms with Gasteiger partial charge in [0.2, 0.25) is 5.91 Å². The standard InChI is InChI=1S/C14H19ClN2O2/c1-2-16-14(18)10-17-7-8-19-13(9-17)11-5-3-4-6-12(11)15/h3-6,13H,2,7-10H2,1H3,(H,16,18). The second-order valence-electron chi connectivity index (χ2n) is 4.57. The zero-order chi connectivity index (χ0) is 13.7. The lowest BCUT2D eigenvalue weighted by Crippen LogP contribution is -2.44. The first-order valence-corrected chi connectivity index (χ1v) is 6.93. The predicted molar refractivity (Wildman–Crippen MR) is 75.3 cm³/mol. The van der Waals surface area contributed by atoms with Crippen LogP contribution in [0.5, 0.6) is 0 Å². The predicted octanol–water partition coefficient (Wildman–Crippen LogP) is 1.85. The van der Waals surface area contributed by atoms with Gasteiger partial charge in [-0.05, 0) is 13.0 Å². The molecule has 19 heavy (non-hydrogen) atoms. The highest BCUT2D eigenvalue weighted by Gasteiger charge is 2.24. The van der Waals surface area contributed by atoms with Gasteiger partial charge in [0.05, 0.1) is 19.3 Å². The van der Waals surface area contributed by atoms with Crippen LogP contribution in [0.3, 0.4) is 0 Å². The summed E-state index contributed by atoms with van der Waals surface area (Å²) in [6, 6.07) is 7.69. The number of carbonyl (C=O) groups is 1. The van der Waals surface area contributed by atoms with E-state index in [2.05, 4.69) is 10.2 Å². The average molecular weight is 283 g/mol. The second-order valence-corrected chi connectivity index (χ2v) is 4.98. The molecule has 0 aromatic heterocycles. The summed E-state index contributed by atoms with van der Waals surface area (Å²) in [4.78, 5) is 13.7. The number of hydrogen-bond donors (Lipinski definition) is 1. The van der Waals surface area contributed by atoms with Crippen LogP contribution in [0.15, 0.2) is 24.3 Å². The van der Waals surface area contributed by atoms with Gasteiger partial charge in [-0.1, -0.05) is 29.8 Å². The van der Waals surface area contributed by atoms with Crippen molar-refractivity contribution in [2.75, 3.05) is 32.8 Å². The molecular weight excluding hydrogens is 264 g/mol. The maximum Gasteiger partial charge on any atom is 0.234 e. The molecule has 0 radical (unpaired) electrons. The third kappa shape index (κ3) is 3.93. The maximum absolute atomic E-state index is 11.6. The molecule has 1 aromatic rings. The molecule has 0 spiro atoms. The molecule has 0 aliphatic carbocycles. The van der Waals surface area contributed by atoms with Crippen molar-refractivity contribution >= 4 is 17.5 Å². The fraction of sp³-hybridized carbons (Fsp3) is 0.500. The Morgan fingerprint density at radius 2 is 2.32 bits per heavy atom. The molecule has 1 aromatic carbocycles. The monoisotopic (exact) mass is 282 g/mol. The van der Waals surface area contributed by atoms with Crippen molar-refractivity contribution in [3.8, 4) is 0 Å². The van der Waals surface area contributed by atoms with E-state index in [1.165, 1.54) is 0 Å². The Morgan fingerprint density at radius 1 is 1.53 bits per heavy atom. The van der Waals surface area contributed by atoms with Crippen LogP contribution in [0.2, 0.25) is 5.02 Å². The molecule has 0 saturated carbocycles. The summed E-state index contributed by atoms with van der Waals surface area (Å²) in [6.45, 7) is 5.09. The number of carbonyl (C=O) groups excluding carboxylic acids is 1. The minimum Gasteiger partial charge on any atom is -0.371 e. The van der Waals surface area contributed by atoms with E-state index in [4.69, 9.17) is 16.3 Å². The van der Waals surface area contributed by atoms with Crippen molar-refractivity contribution in [3.05, 3.63) is 34.9 Å². The number of amides is 1. The summed E-state index contributed by atoms with van der Waals surface area (Å²) >= 11 is 6.18. The zero-order valence-corrected chi connectivity index (χ0v) is 11.8. The summed E-state index contributed by atoms with van der Waals surface area (Å²) in [6.07, 6.45) is -0.0584. The van der Waals surface area contributed by atoms with Crippen molar-refractivity contribution in [1.82, 2.24) is 10.2 Å². The van der Waals surface area contributed by atoms with Gasteiger partial charge in [0.25, 0.3) is 0 Å². The minimum absolute atomic E-state index is 0.0577. The second kappa shape index (κ2) is 6.89. The number of ether oxygens (including phenoxy) is 1. The van der Waals surface area contributed by atoms with E-state index in [0.29, 0.717) is 31.3 Å². The molecule has 1 aliphatic rings. The Balaban J connectivity index is 1.97. The number of morpholine rings is 1. The highest BCUT2D eigenvalue weighted by Crippen LogP contribution is 2.28. The summed E-state index contributed by atoms with van der Waals surface area (Å²) in [5, 5.41) is 3.53. The SMILES string of the molecule is CCNC(=O)CN1CCOC(c2ccccc2Cl)C1. The number of benzene rings is 1. The number of halogens is 1. The van der Waals surface area contributed by atoms with Crippen LogP contribution in [0.4, 0.5) is 0 Å². The number of rotatable bonds is 4. The van der Waals surface area contributed by atoms with Crippen molar-refractivity contribution < 1.29 is 9.53 Å². The Hall–Kier alpha value is -1.10. The van der Waals surface area contributed by atoms with Gasteiger partial charge >= 0.3 is 0 Å². The number of hydrogen-bond acceptors (Lipinski definition) is 3. The Kier molecular flexibility index (Phi) is 5.19. The van der Waals surface area contributed by atoms with E-state index >= 15 is 0 Å². The summed E-state index contributed by atoms with van der Waals surface area (Å²) in [7, 11) is 0. The normalized spacial score (nSPS) is 20.2. The van der Waals surface area contributed by atoms with Gasteiger partial charge in [0, 0.05) is 30.2 Å². The van der Waals surface area contributed by atoms with Crippen molar-refractivity contribution in [3.63, 3.8) is 0 Å². The van der Waals surface area contributed by atoms with E-state index in [1.54, 1.807) is 0 Å². The van der Waals surface area contributed by atoms with Gasteiger partial charge in [-0.3, -0.25) is 9.69 Å². The van der Waals surface area contributed by atoms with Gasteiger partial charge in [-0.15, -0.1) is 0 Å². The van der Waals surface area contributed by atoms with E-state index in [1.807, 2.05) is 31.2 Å². The fourth-order valence-electron chi connectivity index (χ4n) is 2.23. The molecule has 1 unspecified atom stereocenters. The molecule has 4 nitrogen and oxygen atoms in total. The van der Waals surface area contributed by atoms with Gasteiger partial charge < -0.3 is 10.1 Å². The van der Waals surface area contributed by atoms with Crippen LogP contribution in [-0.2, 0) is 9.53 Å². The maximum atomic E-state index is 11.6. The van der Waals surface area contributed by atoms with Crippen LogP contribution in [-0.4, -0.2) is 43.6 Å². The van der Waals surface area contributed by atoms with Gasteiger partial charge in [0.1, 0.15) is 0 Å². The Bertz CT molecular complexity index is 439. The summed E-state index contributed by atoms with van der Waals surface area (Å²) in [5.41, 5.74) is 0.991. The van der Waals surface area contributed by atoms with Crippen molar-refractivity contribution in [2.45, 2.75) is 13.0 Å². The molecule has 1 aliphatic heterocycles. The first-order valence-electron chi connectivity index (χ1n) is 6.55. The lowest BCUT2D eigenvalue weighted by molar-refractivity contribution is -0.124. The Morgan fingerprint density at radius 3 is 3.05 bits per heavy atom. The van der Waals surface area contributed by atoms with E-state index < -0.39 is 0 Å². The van der Waals surface area contributed by atoms with Gasteiger partial charge in [-0.25, -0.2) is 0 Å². The molecule has 1 amide bonds. The molecule has 1 atom stereocenters. The minimum atomic E-state index is -0.0584. The number of nitrogens with zero attached hydrogens (tertiary/aromatic N) is 1. The highest BCUT2D eigenvalue weighted by atomic mass is 35.5. The third-order valence-corrected chi connectivity index (χ3v) is 3.49. The molecular formula is C14H19ClN2O2. The Labute approximate surface area is 118 Å². The molecule has 2 rings (SSSR count). The third-order valence-electron chi connectivity index (χ3n) is 3.14. The van der Waals surface area contributed by atoms with Crippen LogP contribution in [0.25, 0.3) is 0 Å². The van der Waals surface area contributed by atoms with Crippen LogP contribution < -0.4 is 5.32 Å². The van der Waals surface area contributed by atoms with E-state index in [-0.39, 0.29) is 12.0 Å². The van der Waals surface area contributed by atoms with Crippen LogP contribution in [0.1, 0.15) is 18.6 Å². The zero-order valence-electron chi connectivity index (χ0n) is 11.1. The molecule has 1 N–H and O–H groups in total. The van der Waals surface area contributed by atoms with Crippen molar-refractivity contribution in [1.29, 1.82) is 0 Å². The van der Waals surface area contributed by atoms with E-state index in [9.17, 15) is 4.79 Å². The largest absolute Gasteiger partial charge is 0.371 e. The fourth-order valence-corrected chi connectivity index (χ4v) is 2.48. The quantitative estimate of drug-likeness (QED) is 0.916. The summed E-state index contributed by atoms with van der Waals surface area (Å²) < 4.78 is 5.76. The highest BCUT2D eigenvalue weighted by molar-refractivity contribution is 6.31. The molecule has 0 bridgehead atoms. The van der Waals surface area contributed by atoms with E-state index in [0.717, 1.165) is 12.1 Å². The molecule has 5 heteroatoms. The lowest BCUT2D eigenvalue weighted by atomic mass is 10.1. The topological polar surface area (TPSA) is 41.6 Å². The van der Waals surface area contributed by atoms with Gasteiger partial charge in [-0.2, -0.15) is 0 Å². The number of likely N-dealkylation sites (N-methyl/N-ethyl adjacent to an activating group) is 1. The smallest absolute Gasteiger partial charge is 0.234 e. The van der Waals surface area contributed by atoms with Crippen LogP contribution >= 0.6 is 11.6 Å². The molecule has 1 fully saturated rings. The van der Waals surface area contributed by atoms with Gasteiger partial charge in [0.15, 0.2) is 0 Å². The molecule has 1 heterocycles. The van der Waals surface area contributed by atoms with Crippen molar-refractivity contribution in [2.24, 2.45) is 0 Å².